The van der Waals surface area contributed by atoms with Crippen LogP contribution in [0, 0.1) is 5.92 Å². The summed E-state index contributed by atoms with van der Waals surface area (Å²) >= 11 is 1.23. The fourth-order valence-electron chi connectivity index (χ4n) is 1.62. The predicted molar refractivity (Wildman–Crippen MR) is 74.1 cm³/mol. The van der Waals surface area contributed by atoms with Crippen LogP contribution >= 0.6 is 11.3 Å². The van der Waals surface area contributed by atoms with Crippen molar-refractivity contribution >= 4 is 28.3 Å². The average molecular weight is 285 g/mol. The lowest BCUT2D eigenvalue weighted by atomic mass is 10.0. The van der Waals surface area contributed by atoms with E-state index in [2.05, 4.69) is 10.3 Å². The second kappa shape index (κ2) is 7.08. The highest BCUT2D eigenvalue weighted by atomic mass is 32.1. The number of nitrogens with one attached hydrogen (secondary N) is 1. The molecule has 0 aliphatic carbocycles. The second-order valence-corrected chi connectivity index (χ2v) is 5.51. The maximum Gasteiger partial charge on any atom is 0.306 e. The Hall–Kier alpha value is -1.63. The minimum atomic E-state index is -0.783. The van der Waals surface area contributed by atoms with E-state index in [1.54, 1.807) is 12.3 Å². The number of nitrogen functional groups attached to an aromatic ring is 1. The molecule has 19 heavy (non-hydrogen) atoms. The maximum absolute atomic E-state index is 11.8. The van der Waals surface area contributed by atoms with Gasteiger partial charge in [-0.2, -0.15) is 0 Å². The first-order chi connectivity index (χ1) is 8.90. The van der Waals surface area contributed by atoms with Gasteiger partial charge in [0.1, 0.15) is 5.69 Å². The van der Waals surface area contributed by atoms with E-state index in [1.165, 1.54) is 11.3 Å². The van der Waals surface area contributed by atoms with Crippen LogP contribution in [0.25, 0.3) is 0 Å². The predicted octanol–water partition coefficient (Wildman–Crippen LogP) is 1.73. The van der Waals surface area contributed by atoms with Crippen molar-refractivity contribution in [3.8, 4) is 0 Å². The van der Waals surface area contributed by atoms with Crippen LogP contribution in [0.3, 0.4) is 0 Å². The first-order valence-corrected chi connectivity index (χ1v) is 7.02. The highest BCUT2D eigenvalue weighted by molar-refractivity contribution is 7.13. The van der Waals surface area contributed by atoms with Crippen molar-refractivity contribution < 1.29 is 14.7 Å². The maximum atomic E-state index is 11.8. The molecule has 1 amide bonds. The molecule has 6 nitrogen and oxygen atoms in total. The average Bonchev–Trinajstić information content (AvgIpc) is 2.75. The summed E-state index contributed by atoms with van der Waals surface area (Å²) in [6.07, 6.45) is 2.11. The van der Waals surface area contributed by atoms with E-state index < -0.39 is 5.97 Å². The third-order valence-electron chi connectivity index (χ3n) is 2.83. The molecule has 106 valence electrons. The van der Waals surface area contributed by atoms with Crippen molar-refractivity contribution in [3.05, 3.63) is 11.1 Å². The van der Waals surface area contributed by atoms with Crippen molar-refractivity contribution in [2.45, 2.75) is 39.2 Å². The first kappa shape index (κ1) is 15.4. The number of hydrogen-bond acceptors (Lipinski definition) is 5. The van der Waals surface area contributed by atoms with Crippen LogP contribution in [-0.4, -0.2) is 28.0 Å². The number of nitrogens with two attached hydrogens (primary N) is 1. The zero-order chi connectivity index (χ0) is 14.4. The number of rotatable bonds is 7. The molecule has 0 radical (unpaired) electrons. The molecule has 2 atom stereocenters. The molecule has 1 heterocycles. The van der Waals surface area contributed by atoms with Crippen LogP contribution in [0.15, 0.2) is 5.38 Å². The first-order valence-electron chi connectivity index (χ1n) is 6.14. The van der Waals surface area contributed by atoms with Gasteiger partial charge in [-0.3, -0.25) is 9.59 Å². The van der Waals surface area contributed by atoms with Crippen molar-refractivity contribution in [1.82, 2.24) is 10.3 Å². The molecule has 1 aromatic rings. The van der Waals surface area contributed by atoms with Gasteiger partial charge >= 0.3 is 5.97 Å². The third-order valence-corrected chi connectivity index (χ3v) is 3.50. The molecule has 0 aromatic carbocycles. The number of hydrogen-bond donors (Lipinski definition) is 3. The molecule has 0 bridgehead atoms. The van der Waals surface area contributed by atoms with Gasteiger partial charge in [-0.15, -0.1) is 11.3 Å². The Kier molecular flexibility index (Phi) is 5.75. The highest BCUT2D eigenvalue weighted by Gasteiger charge is 2.14. The van der Waals surface area contributed by atoms with Crippen molar-refractivity contribution in [2.75, 3.05) is 5.73 Å². The normalized spacial score (nSPS) is 13.8. The van der Waals surface area contributed by atoms with Crippen LogP contribution in [0.1, 0.15) is 43.6 Å². The van der Waals surface area contributed by atoms with E-state index >= 15 is 0 Å². The lowest BCUT2D eigenvalue weighted by molar-refractivity contribution is -0.141. The fraction of sp³-hybridized carbons (Fsp3) is 0.583. The fourth-order valence-corrected chi connectivity index (χ4v) is 2.16. The van der Waals surface area contributed by atoms with E-state index in [1.807, 2.05) is 6.92 Å². The number of carbonyl (C=O) groups is 2. The number of carbonyl (C=O) groups excluding carboxylic acids is 1. The molecule has 0 fully saturated rings. The van der Waals surface area contributed by atoms with Gasteiger partial charge in [0.25, 0.3) is 5.91 Å². The van der Waals surface area contributed by atoms with Crippen LogP contribution in [0.2, 0.25) is 0 Å². The van der Waals surface area contributed by atoms with Gasteiger partial charge in [-0.05, 0) is 19.8 Å². The molecule has 1 rings (SSSR count). The smallest absolute Gasteiger partial charge is 0.306 e. The lowest BCUT2D eigenvalue weighted by Crippen LogP contribution is -2.32. The number of thiazole rings is 1. The zero-order valence-electron chi connectivity index (χ0n) is 11.0. The third kappa shape index (κ3) is 5.25. The molecule has 4 N–H and O–H groups in total. The van der Waals surface area contributed by atoms with E-state index in [0.29, 0.717) is 17.2 Å². The summed E-state index contributed by atoms with van der Waals surface area (Å²) in [7, 11) is 0. The number of aromatic nitrogens is 1. The molecule has 7 heteroatoms. The van der Waals surface area contributed by atoms with Crippen LogP contribution in [0.5, 0.6) is 0 Å². The van der Waals surface area contributed by atoms with Crippen LogP contribution < -0.4 is 11.1 Å². The van der Waals surface area contributed by atoms with Gasteiger partial charge in [0.2, 0.25) is 0 Å². The Morgan fingerprint density at radius 2 is 2.16 bits per heavy atom. The number of amides is 1. The summed E-state index contributed by atoms with van der Waals surface area (Å²) in [6.45, 7) is 3.57. The number of aliphatic carboxylic acids is 1. The van der Waals surface area contributed by atoms with Crippen molar-refractivity contribution in [2.24, 2.45) is 5.92 Å². The van der Waals surface area contributed by atoms with E-state index in [0.717, 1.165) is 12.8 Å². The molecule has 1 aromatic heterocycles. The monoisotopic (exact) mass is 285 g/mol. The summed E-state index contributed by atoms with van der Waals surface area (Å²) in [5.74, 6) is -1.37. The Morgan fingerprint density at radius 1 is 1.47 bits per heavy atom. The van der Waals surface area contributed by atoms with Gasteiger partial charge in [0.15, 0.2) is 5.13 Å². The summed E-state index contributed by atoms with van der Waals surface area (Å²) < 4.78 is 0. The quantitative estimate of drug-likeness (QED) is 0.707. The Morgan fingerprint density at radius 3 is 2.68 bits per heavy atom. The van der Waals surface area contributed by atoms with Gasteiger partial charge < -0.3 is 16.2 Å². The number of nitrogens with zero attached hydrogens (tertiary/aromatic N) is 1. The summed E-state index contributed by atoms with van der Waals surface area (Å²) in [6, 6.07) is -0.0172. The molecular weight excluding hydrogens is 266 g/mol. The second-order valence-electron chi connectivity index (χ2n) is 4.62. The highest BCUT2D eigenvalue weighted by Crippen LogP contribution is 2.12. The molecule has 2 unspecified atom stereocenters. The molecule has 0 spiro atoms. The van der Waals surface area contributed by atoms with E-state index in [-0.39, 0.29) is 17.9 Å². The molecular formula is C12H19N3O3S. The van der Waals surface area contributed by atoms with Gasteiger partial charge in [-0.25, -0.2) is 4.98 Å². The molecule has 0 aliphatic heterocycles. The van der Waals surface area contributed by atoms with Crippen LogP contribution in [0.4, 0.5) is 5.13 Å². The summed E-state index contributed by atoms with van der Waals surface area (Å²) in [4.78, 5) is 26.3. The summed E-state index contributed by atoms with van der Waals surface area (Å²) in [5.41, 5.74) is 5.79. The molecule has 0 saturated heterocycles. The SMILES string of the molecule is CC(CCCC(C)C(=O)O)NC(=O)c1csc(N)n1. The zero-order valence-corrected chi connectivity index (χ0v) is 11.9. The molecule has 0 aliphatic rings. The number of carboxylic acids is 1. The lowest BCUT2D eigenvalue weighted by Gasteiger charge is -2.13. The van der Waals surface area contributed by atoms with Crippen molar-refractivity contribution in [3.63, 3.8) is 0 Å². The minimum Gasteiger partial charge on any atom is -0.481 e. The Labute approximate surface area is 116 Å². The molecule has 0 saturated carbocycles. The summed E-state index contributed by atoms with van der Waals surface area (Å²) in [5, 5.41) is 13.6. The standard InChI is InChI=1S/C12H19N3O3S/c1-7(11(17)18)4-3-5-8(2)14-10(16)9-6-19-12(13)15-9/h6-8H,3-5H2,1-2H3,(H2,13,15)(H,14,16)(H,17,18). The van der Waals surface area contributed by atoms with Crippen molar-refractivity contribution in [1.29, 1.82) is 0 Å². The largest absolute Gasteiger partial charge is 0.481 e. The number of carboxylic acid groups (broad SMARTS) is 1. The Balaban J connectivity index is 2.29. The van der Waals surface area contributed by atoms with Gasteiger partial charge in [0, 0.05) is 11.4 Å². The van der Waals surface area contributed by atoms with Gasteiger partial charge in [-0.1, -0.05) is 13.3 Å². The van der Waals surface area contributed by atoms with E-state index in [9.17, 15) is 9.59 Å². The number of anilines is 1. The minimum absolute atomic E-state index is 0.0172. The van der Waals surface area contributed by atoms with Gasteiger partial charge in [0.05, 0.1) is 5.92 Å². The Bertz CT molecular complexity index is 447. The van der Waals surface area contributed by atoms with E-state index in [4.69, 9.17) is 10.8 Å². The van der Waals surface area contributed by atoms with Crippen LogP contribution in [-0.2, 0) is 4.79 Å². The topological polar surface area (TPSA) is 105 Å².